The molecule has 9 heteroatoms. The standard InChI is InChI=1S/C39H23N9/c1-2-10-24(11-3-1)47-31-15-5-4-12-25(31)26-16-17-27-33-32(19-18-28-34(33)43-23-22-42-28)48(36(27)35(26)47)39-45-37(29-13-6-8-20-40-29)44-38(46-39)30-14-7-9-21-41-30/h1-23H. The second-order valence-corrected chi connectivity index (χ2v) is 11.5. The highest BCUT2D eigenvalue weighted by Gasteiger charge is 2.25. The van der Waals surface area contributed by atoms with Crippen LogP contribution in [0, 0.1) is 0 Å². The Morgan fingerprint density at radius 3 is 1.83 bits per heavy atom. The predicted molar refractivity (Wildman–Crippen MR) is 188 cm³/mol. The summed E-state index contributed by atoms with van der Waals surface area (Å²) in [5.41, 5.74) is 7.94. The van der Waals surface area contributed by atoms with Crippen LogP contribution in [-0.4, -0.2) is 44.0 Å². The molecule has 0 amide bonds. The van der Waals surface area contributed by atoms with E-state index in [9.17, 15) is 0 Å². The molecule has 0 spiro atoms. The largest absolute Gasteiger partial charge is 0.307 e. The fourth-order valence-electron chi connectivity index (χ4n) is 6.80. The highest BCUT2D eigenvalue weighted by atomic mass is 15.2. The SMILES string of the molecule is c1ccc(-n2c3ccccc3c3ccc4c5c6nccnc6ccc5n(-c5nc(-c6ccccn6)nc(-c6ccccn6)n5)c4c32)cc1. The molecule has 9 nitrogen and oxygen atoms in total. The molecule has 0 fully saturated rings. The molecule has 0 saturated carbocycles. The van der Waals surface area contributed by atoms with Gasteiger partial charge in [-0.05, 0) is 54.6 Å². The van der Waals surface area contributed by atoms with Gasteiger partial charge in [0.05, 0.1) is 33.1 Å². The molecule has 48 heavy (non-hydrogen) atoms. The summed E-state index contributed by atoms with van der Waals surface area (Å²) in [6, 6.07) is 38.9. The van der Waals surface area contributed by atoms with Crippen LogP contribution in [0.2, 0.25) is 0 Å². The van der Waals surface area contributed by atoms with Crippen molar-refractivity contribution in [3.05, 3.63) is 140 Å². The number of benzene rings is 4. The van der Waals surface area contributed by atoms with Gasteiger partial charge in [0.2, 0.25) is 5.95 Å². The van der Waals surface area contributed by atoms with Gasteiger partial charge >= 0.3 is 0 Å². The summed E-state index contributed by atoms with van der Waals surface area (Å²) in [6.45, 7) is 0. The van der Waals surface area contributed by atoms with Crippen molar-refractivity contribution in [2.24, 2.45) is 0 Å². The summed E-state index contributed by atoms with van der Waals surface area (Å²) in [5.74, 6) is 1.35. The highest BCUT2D eigenvalue weighted by molar-refractivity contribution is 6.27. The van der Waals surface area contributed by atoms with Gasteiger partial charge < -0.3 is 4.57 Å². The van der Waals surface area contributed by atoms with E-state index in [4.69, 9.17) is 19.9 Å². The number of hydrogen-bond acceptors (Lipinski definition) is 7. The van der Waals surface area contributed by atoms with Crippen LogP contribution in [-0.2, 0) is 0 Å². The smallest absolute Gasteiger partial charge is 0.238 e. The first kappa shape index (κ1) is 26.4. The molecule has 6 heterocycles. The first-order valence-electron chi connectivity index (χ1n) is 15.6. The normalized spacial score (nSPS) is 11.8. The number of pyridine rings is 2. The van der Waals surface area contributed by atoms with Gasteiger partial charge in [-0.3, -0.25) is 24.5 Å². The molecule has 10 rings (SSSR count). The number of hydrogen-bond donors (Lipinski definition) is 0. The maximum absolute atomic E-state index is 5.12. The number of nitrogens with zero attached hydrogens (tertiary/aromatic N) is 9. The first-order valence-corrected chi connectivity index (χ1v) is 15.6. The Morgan fingerprint density at radius 2 is 1.08 bits per heavy atom. The van der Waals surface area contributed by atoms with Crippen molar-refractivity contribution >= 4 is 54.6 Å². The number of aromatic nitrogens is 9. The van der Waals surface area contributed by atoms with Gasteiger partial charge in [0.1, 0.15) is 11.4 Å². The molecular formula is C39H23N9. The van der Waals surface area contributed by atoms with Crippen LogP contribution < -0.4 is 0 Å². The van der Waals surface area contributed by atoms with E-state index in [-0.39, 0.29) is 0 Å². The molecule has 0 aliphatic heterocycles. The van der Waals surface area contributed by atoms with E-state index in [1.165, 1.54) is 0 Å². The lowest BCUT2D eigenvalue weighted by Crippen LogP contribution is -2.08. The minimum absolute atomic E-state index is 0.451. The molecule has 0 aliphatic carbocycles. The Balaban J connectivity index is 1.44. The Hall–Kier alpha value is -6.87. The Morgan fingerprint density at radius 1 is 0.417 bits per heavy atom. The van der Waals surface area contributed by atoms with E-state index in [0.717, 1.165) is 60.3 Å². The van der Waals surface area contributed by atoms with Crippen molar-refractivity contribution in [3.63, 3.8) is 0 Å². The molecule has 224 valence electrons. The van der Waals surface area contributed by atoms with Crippen molar-refractivity contribution in [1.82, 2.24) is 44.0 Å². The summed E-state index contributed by atoms with van der Waals surface area (Å²) < 4.78 is 4.47. The van der Waals surface area contributed by atoms with Crippen molar-refractivity contribution < 1.29 is 0 Å². The zero-order valence-electron chi connectivity index (χ0n) is 25.3. The van der Waals surface area contributed by atoms with Gasteiger partial charge in [-0.15, -0.1) is 0 Å². The predicted octanol–water partition coefficient (Wildman–Crippen LogP) is 8.13. The monoisotopic (exact) mass is 617 g/mol. The van der Waals surface area contributed by atoms with Crippen LogP contribution in [0.3, 0.4) is 0 Å². The quantitative estimate of drug-likeness (QED) is 0.197. The molecule has 0 saturated heterocycles. The first-order chi connectivity index (χ1) is 23.8. The summed E-state index contributed by atoms with van der Waals surface area (Å²) in [4.78, 5) is 33.8. The van der Waals surface area contributed by atoms with Crippen molar-refractivity contribution in [2.75, 3.05) is 0 Å². The summed E-state index contributed by atoms with van der Waals surface area (Å²) in [5, 5.41) is 4.26. The molecule has 0 radical (unpaired) electrons. The fraction of sp³-hybridized carbons (Fsp3) is 0. The maximum Gasteiger partial charge on any atom is 0.238 e. The van der Waals surface area contributed by atoms with E-state index in [0.29, 0.717) is 29.0 Å². The lowest BCUT2D eigenvalue weighted by molar-refractivity contribution is 0.943. The van der Waals surface area contributed by atoms with Crippen LogP contribution in [0.25, 0.3) is 89.3 Å². The molecule has 0 atom stereocenters. The van der Waals surface area contributed by atoms with E-state index < -0.39 is 0 Å². The Kier molecular flexibility index (Phi) is 5.67. The van der Waals surface area contributed by atoms with Crippen molar-refractivity contribution in [1.29, 1.82) is 0 Å². The number of para-hydroxylation sites is 2. The second-order valence-electron chi connectivity index (χ2n) is 11.5. The van der Waals surface area contributed by atoms with Crippen LogP contribution in [0.15, 0.2) is 140 Å². The fourth-order valence-corrected chi connectivity index (χ4v) is 6.80. The van der Waals surface area contributed by atoms with E-state index >= 15 is 0 Å². The average molecular weight is 618 g/mol. The van der Waals surface area contributed by atoms with Crippen molar-refractivity contribution in [3.8, 4) is 34.7 Å². The summed E-state index contributed by atoms with van der Waals surface area (Å²) >= 11 is 0. The van der Waals surface area contributed by atoms with Crippen molar-refractivity contribution in [2.45, 2.75) is 0 Å². The molecular weight excluding hydrogens is 594 g/mol. The van der Waals surface area contributed by atoms with E-state index in [1.807, 2.05) is 48.5 Å². The maximum atomic E-state index is 5.12. The third-order valence-corrected chi connectivity index (χ3v) is 8.79. The van der Waals surface area contributed by atoms with Crippen LogP contribution in [0.1, 0.15) is 0 Å². The third-order valence-electron chi connectivity index (χ3n) is 8.79. The van der Waals surface area contributed by atoms with Crippen LogP contribution >= 0.6 is 0 Å². The average Bonchev–Trinajstić information content (AvgIpc) is 3.69. The van der Waals surface area contributed by atoms with Crippen LogP contribution in [0.4, 0.5) is 0 Å². The van der Waals surface area contributed by atoms with Gasteiger partial charge in [-0.1, -0.05) is 60.7 Å². The van der Waals surface area contributed by atoms with E-state index in [1.54, 1.807) is 24.8 Å². The van der Waals surface area contributed by atoms with Gasteiger partial charge in [0, 0.05) is 52.0 Å². The van der Waals surface area contributed by atoms with Gasteiger partial charge in [-0.25, -0.2) is 4.98 Å². The highest BCUT2D eigenvalue weighted by Crippen LogP contribution is 2.42. The number of fused-ring (bicyclic) bond motifs is 9. The van der Waals surface area contributed by atoms with Gasteiger partial charge in [0.15, 0.2) is 11.6 Å². The zero-order chi connectivity index (χ0) is 31.6. The minimum atomic E-state index is 0.451. The molecule has 6 aromatic heterocycles. The van der Waals surface area contributed by atoms with Gasteiger partial charge in [-0.2, -0.15) is 9.97 Å². The lowest BCUT2D eigenvalue weighted by Gasteiger charge is -2.13. The lowest BCUT2D eigenvalue weighted by atomic mass is 10.1. The molecule has 0 aliphatic rings. The summed E-state index contributed by atoms with van der Waals surface area (Å²) in [7, 11) is 0. The Labute approximate surface area is 272 Å². The molecule has 4 aromatic carbocycles. The zero-order valence-corrected chi connectivity index (χ0v) is 25.3. The second kappa shape index (κ2) is 10.3. The number of rotatable bonds is 4. The molecule has 0 bridgehead atoms. The summed E-state index contributed by atoms with van der Waals surface area (Å²) in [6.07, 6.45) is 6.95. The van der Waals surface area contributed by atoms with Gasteiger partial charge in [0.25, 0.3) is 0 Å². The molecule has 10 aromatic rings. The van der Waals surface area contributed by atoms with Crippen LogP contribution in [0.5, 0.6) is 0 Å². The minimum Gasteiger partial charge on any atom is -0.307 e. The molecule has 0 unspecified atom stereocenters. The topological polar surface area (TPSA) is 100 Å². The van der Waals surface area contributed by atoms with E-state index in [2.05, 4.69) is 90.8 Å². The molecule has 0 N–H and O–H groups in total. The Bertz CT molecular complexity index is 2770. The third kappa shape index (κ3) is 3.88.